The maximum Gasteiger partial charge on any atom is 0.239 e. The molecule has 1 fully saturated rings. The Kier molecular flexibility index (Phi) is 5.31. The summed E-state index contributed by atoms with van der Waals surface area (Å²) >= 11 is 0. The first-order valence-corrected chi connectivity index (χ1v) is 9.03. The molecule has 120 valence electrons. The molecule has 0 aromatic heterocycles. The number of hydrogen-bond acceptors (Lipinski definition) is 4. The van der Waals surface area contributed by atoms with Gasteiger partial charge in [0.2, 0.25) is 15.9 Å². The third-order valence-electron chi connectivity index (χ3n) is 3.72. The second-order valence-electron chi connectivity index (χ2n) is 5.47. The molecule has 22 heavy (non-hydrogen) atoms. The van der Waals surface area contributed by atoms with E-state index in [2.05, 4.69) is 5.32 Å². The molecule has 0 radical (unpaired) electrons. The van der Waals surface area contributed by atoms with E-state index < -0.39 is 28.0 Å². The van der Waals surface area contributed by atoms with Crippen molar-refractivity contribution < 1.29 is 18.0 Å². The number of amides is 1. The Hall–Kier alpha value is -1.73. The van der Waals surface area contributed by atoms with Crippen molar-refractivity contribution >= 4 is 22.2 Å². The van der Waals surface area contributed by atoms with E-state index in [0.29, 0.717) is 32.1 Å². The molecule has 1 aromatic rings. The van der Waals surface area contributed by atoms with Crippen LogP contribution in [0.3, 0.4) is 0 Å². The highest BCUT2D eigenvalue weighted by atomic mass is 32.2. The van der Waals surface area contributed by atoms with Crippen LogP contribution in [0.1, 0.15) is 18.4 Å². The number of nitrogens with zero attached hydrogens (tertiary/aromatic N) is 1. The standard InChI is InChI=1S/C15H20N2O4S/c1-22(20,21)17-9-5-8-14(17)15(19)16-13(11-18)10-12-6-3-2-4-7-12/h2-4,6-7,11,13-14H,5,8-10H2,1H3,(H,16,19)/t13-,14+/m0/s1. The Morgan fingerprint density at radius 3 is 2.68 bits per heavy atom. The molecule has 1 aromatic carbocycles. The Labute approximate surface area is 130 Å². The van der Waals surface area contributed by atoms with Gasteiger partial charge in [0, 0.05) is 6.54 Å². The molecule has 1 aliphatic rings. The molecule has 0 spiro atoms. The zero-order chi connectivity index (χ0) is 16.2. The summed E-state index contributed by atoms with van der Waals surface area (Å²) in [7, 11) is -3.41. The number of sulfonamides is 1. The van der Waals surface area contributed by atoms with Crippen molar-refractivity contribution in [2.24, 2.45) is 0 Å². The van der Waals surface area contributed by atoms with E-state index in [1.165, 1.54) is 4.31 Å². The van der Waals surface area contributed by atoms with E-state index in [-0.39, 0.29) is 0 Å². The van der Waals surface area contributed by atoms with Gasteiger partial charge >= 0.3 is 0 Å². The van der Waals surface area contributed by atoms with E-state index in [0.717, 1.165) is 11.8 Å². The van der Waals surface area contributed by atoms with Crippen LogP contribution in [0.4, 0.5) is 0 Å². The van der Waals surface area contributed by atoms with Gasteiger partial charge in [-0.05, 0) is 24.8 Å². The summed E-state index contributed by atoms with van der Waals surface area (Å²) in [5.74, 6) is -0.407. The predicted octanol–water partition coefficient (Wildman–Crippen LogP) is 0.337. The van der Waals surface area contributed by atoms with Gasteiger partial charge in [-0.25, -0.2) is 8.42 Å². The topological polar surface area (TPSA) is 83.6 Å². The average molecular weight is 324 g/mol. The van der Waals surface area contributed by atoms with Gasteiger partial charge in [-0.1, -0.05) is 30.3 Å². The Bertz CT molecular complexity index is 630. The highest BCUT2D eigenvalue weighted by Crippen LogP contribution is 2.20. The fraction of sp³-hybridized carbons (Fsp3) is 0.467. The molecule has 2 atom stereocenters. The van der Waals surface area contributed by atoms with Crippen LogP contribution in [0.5, 0.6) is 0 Å². The van der Waals surface area contributed by atoms with E-state index in [1.54, 1.807) is 0 Å². The maximum absolute atomic E-state index is 12.3. The van der Waals surface area contributed by atoms with Gasteiger partial charge in [-0.3, -0.25) is 4.79 Å². The fourth-order valence-corrected chi connectivity index (χ4v) is 3.80. The SMILES string of the molecule is CS(=O)(=O)N1CCC[C@@H]1C(=O)N[C@H](C=O)Cc1ccccc1. The fourth-order valence-electron chi connectivity index (χ4n) is 2.68. The van der Waals surface area contributed by atoms with Gasteiger partial charge < -0.3 is 10.1 Å². The molecule has 1 heterocycles. The van der Waals surface area contributed by atoms with Gasteiger partial charge in [-0.2, -0.15) is 4.31 Å². The minimum atomic E-state index is -3.41. The quantitative estimate of drug-likeness (QED) is 0.765. The van der Waals surface area contributed by atoms with Gasteiger partial charge in [0.05, 0.1) is 12.3 Å². The lowest BCUT2D eigenvalue weighted by Gasteiger charge is -2.23. The summed E-state index contributed by atoms with van der Waals surface area (Å²) in [6, 6.07) is 7.98. The molecule has 0 bridgehead atoms. The van der Waals surface area contributed by atoms with Crippen molar-refractivity contribution in [3.63, 3.8) is 0 Å². The second-order valence-corrected chi connectivity index (χ2v) is 7.41. The number of nitrogens with one attached hydrogen (secondary N) is 1. The molecule has 7 heteroatoms. The lowest BCUT2D eigenvalue weighted by atomic mass is 10.1. The van der Waals surface area contributed by atoms with Gasteiger partial charge in [0.25, 0.3) is 0 Å². The zero-order valence-electron chi connectivity index (χ0n) is 12.4. The van der Waals surface area contributed by atoms with E-state index in [1.807, 2.05) is 30.3 Å². The third-order valence-corrected chi connectivity index (χ3v) is 5.01. The number of carbonyl (C=O) groups excluding carboxylic acids is 2. The normalized spacial score (nSPS) is 20.5. The lowest BCUT2D eigenvalue weighted by Crippen LogP contribution is -2.49. The molecule has 0 unspecified atom stereocenters. The third kappa shape index (κ3) is 4.14. The molecule has 1 amide bonds. The highest BCUT2D eigenvalue weighted by molar-refractivity contribution is 7.88. The highest BCUT2D eigenvalue weighted by Gasteiger charge is 2.36. The van der Waals surface area contributed by atoms with E-state index >= 15 is 0 Å². The molecule has 0 aliphatic carbocycles. The molecule has 0 saturated carbocycles. The van der Waals surface area contributed by atoms with Crippen molar-refractivity contribution in [3.05, 3.63) is 35.9 Å². The molecule has 1 aliphatic heterocycles. The smallest absolute Gasteiger partial charge is 0.239 e. The van der Waals surface area contributed by atoms with Crippen LogP contribution in [-0.2, 0) is 26.0 Å². The Balaban J connectivity index is 2.01. The molecule has 1 saturated heterocycles. The van der Waals surface area contributed by atoms with Gasteiger partial charge in [0.15, 0.2) is 0 Å². The summed E-state index contributed by atoms with van der Waals surface area (Å²) in [4.78, 5) is 23.5. The van der Waals surface area contributed by atoms with E-state index in [9.17, 15) is 18.0 Å². The number of rotatable bonds is 6. The Morgan fingerprint density at radius 1 is 1.41 bits per heavy atom. The maximum atomic E-state index is 12.3. The monoisotopic (exact) mass is 324 g/mol. The number of carbonyl (C=O) groups is 2. The molecular formula is C15H20N2O4S. The molecular weight excluding hydrogens is 304 g/mol. The molecule has 6 nitrogen and oxygen atoms in total. The minimum absolute atomic E-state index is 0.349. The number of aldehydes is 1. The summed E-state index contributed by atoms with van der Waals surface area (Å²) in [6.07, 6.45) is 3.30. The second kappa shape index (κ2) is 7.02. The summed E-state index contributed by atoms with van der Waals surface area (Å²) in [5.41, 5.74) is 0.936. The van der Waals surface area contributed by atoms with Crippen molar-refractivity contribution in [1.29, 1.82) is 0 Å². The average Bonchev–Trinajstić information content (AvgIpc) is 2.97. The van der Waals surface area contributed by atoms with Crippen LogP contribution in [-0.4, -0.2) is 49.8 Å². The number of benzene rings is 1. The van der Waals surface area contributed by atoms with Gasteiger partial charge in [-0.15, -0.1) is 0 Å². The van der Waals surface area contributed by atoms with Gasteiger partial charge in [0.1, 0.15) is 12.3 Å². The van der Waals surface area contributed by atoms with Crippen LogP contribution in [0.2, 0.25) is 0 Å². The first-order chi connectivity index (χ1) is 10.4. The first kappa shape index (κ1) is 16.6. The lowest BCUT2D eigenvalue weighted by molar-refractivity contribution is -0.126. The van der Waals surface area contributed by atoms with Crippen molar-refractivity contribution in [2.45, 2.75) is 31.3 Å². The van der Waals surface area contributed by atoms with Crippen molar-refractivity contribution in [3.8, 4) is 0 Å². The van der Waals surface area contributed by atoms with Crippen LogP contribution < -0.4 is 5.32 Å². The minimum Gasteiger partial charge on any atom is -0.345 e. The van der Waals surface area contributed by atoms with Crippen molar-refractivity contribution in [1.82, 2.24) is 9.62 Å². The van der Waals surface area contributed by atoms with E-state index in [4.69, 9.17) is 0 Å². The van der Waals surface area contributed by atoms with Crippen LogP contribution in [0.25, 0.3) is 0 Å². The van der Waals surface area contributed by atoms with Crippen LogP contribution in [0.15, 0.2) is 30.3 Å². The summed E-state index contributed by atoms with van der Waals surface area (Å²) < 4.78 is 24.5. The van der Waals surface area contributed by atoms with Crippen LogP contribution >= 0.6 is 0 Å². The van der Waals surface area contributed by atoms with Crippen LogP contribution in [0, 0.1) is 0 Å². The summed E-state index contributed by atoms with van der Waals surface area (Å²) in [6.45, 7) is 0.349. The first-order valence-electron chi connectivity index (χ1n) is 7.18. The predicted molar refractivity (Wildman–Crippen MR) is 82.7 cm³/mol. The molecule has 2 rings (SSSR count). The number of hydrogen-bond donors (Lipinski definition) is 1. The largest absolute Gasteiger partial charge is 0.345 e. The van der Waals surface area contributed by atoms with Crippen molar-refractivity contribution in [2.75, 3.05) is 12.8 Å². The summed E-state index contributed by atoms with van der Waals surface area (Å²) in [5, 5.41) is 2.65. The molecule has 1 N–H and O–H groups in total. The zero-order valence-corrected chi connectivity index (χ0v) is 13.3. The Morgan fingerprint density at radius 2 is 2.09 bits per heavy atom.